The molecule has 1 amide bonds. The predicted octanol–water partition coefficient (Wildman–Crippen LogP) is 2.52. The van der Waals surface area contributed by atoms with Crippen LogP contribution in [0.4, 0.5) is 10.5 Å². The number of rotatable bonds is 7. The summed E-state index contributed by atoms with van der Waals surface area (Å²) in [5, 5.41) is 15.4. The summed E-state index contributed by atoms with van der Waals surface area (Å²) in [5.74, 6) is 2.07. The van der Waals surface area contributed by atoms with E-state index in [2.05, 4.69) is 20.8 Å². The number of carbonyl (C=O) groups excluding carboxylic acids is 1. The highest BCUT2D eigenvalue weighted by Gasteiger charge is 2.51. The van der Waals surface area contributed by atoms with E-state index in [0.29, 0.717) is 29.0 Å². The van der Waals surface area contributed by atoms with Crippen molar-refractivity contribution in [3.8, 4) is 5.75 Å². The number of benzene rings is 1. The van der Waals surface area contributed by atoms with Gasteiger partial charge in [0.1, 0.15) is 29.8 Å². The van der Waals surface area contributed by atoms with Crippen LogP contribution in [-0.2, 0) is 20.0 Å². The van der Waals surface area contributed by atoms with Crippen molar-refractivity contribution in [1.29, 1.82) is 0 Å². The summed E-state index contributed by atoms with van der Waals surface area (Å²) < 4.78 is 29.7. The second kappa shape index (κ2) is 9.18. The number of nitrogens with one attached hydrogen (secondary N) is 1. The first-order valence-corrected chi connectivity index (χ1v) is 11.0. The third-order valence-corrected chi connectivity index (χ3v) is 6.21. The van der Waals surface area contributed by atoms with Crippen LogP contribution in [0.15, 0.2) is 52.2 Å². The number of tetrazole rings is 1. The standard InChI is InChI=1S/C20H21N5O6S/c1-27-13-5-2-4-12(8-13)21-20(26)31-16-10-30-17-15(9-29-18(16)17)25-19(22-23-24-25)32-11-14-6-3-7-28-14/h2-8,15-18H,9-11H2,1H3,(H,21,26). The molecule has 2 aliphatic rings. The normalized spacial score (nSPS) is 24.3. The first-order chi connectivity index (χ1) is 15.7. The Morgan fingerprint density at radius 1 is 1.25 bits per heavy atom. The van der Waals surface area contributed by atoms with Crippen LogP contribution in [0.2, 0.25) is 0 Å². The molecular weight excluding hydrogens is 438 g/mol. The Morgan fingerprint density at radius 3 is 3.00 bits per heavy atom. The van der Waals surface area contributed by atoms with E-state index in [1.165, 1.54) is 11.8 Å². The van der Waals surface area contributed by atoms with Gasteiger partial charge < -0.3 is 23.4 Å². The molecule has 11 nitrogen and oxygen atoms in total. The summed E-state index contributed by atoms with van der Waals surface area (Å²) in [5.41, 5.74) is 0.571. The minimum Gasteiger partial charge on any atom is -0.497 e. The molecule has 5 rings (SSSR count). The maximum absolute atomic E-state index is 12.4. The number of carbonyl (C=O) groups is 1. The van der Waals surface area contributed by atoms with Crippen molar-refractivity contribution in [2.45, 2.75) is 35.3 Å². The molecular formula is C20H21N5O6S. The molecule has 12 heteroatoms. The van der Waals surface area contributed by atoms with Gasteiger partial charge in [0.25, 0.3) is 0 Å². The number of methoxy groups -OCH3 is 1. The Labute approximate surface area is 187 Å². The molecule has 32 heavy (non-hydrogen) atoms. The Morgan fingerprint density at radius 2 is 2.16 bits per heavy atom. The van der Waals surface area contributed by atoms with Crippen LogP contribution in [0.3, 0.4) is 0 Å². The molecule has 0 spiro atoms. The molecule has 4 heterocycles. The monoisotopic (exact) mass is 459 g/mol. The predicted molar refractivity (Wildman–Crippen MR) is 111 cm³/mol. The van der Waals surface area contributed by atoms with E-state index in [-0.39, 0.29) is 18.8 Å². The van der Waals surface area contributed by atoms with Crippen molar-refractivity contribution in [2.24, 2.45) is 0 Å². The SMILES string of the molecule is COc1cccc(NC(=O)OC2COC3C2OCC3n2nnnc2SCc2ccco2)c1. The summed E-state index contributed by atoms with van der Waals surface area (Å²) in [7, 11) is 1.56. The number of amides is 1. The molecule has 0 aliphatic carbocycles. The zero-order chi connectivity index (χ0) is 21.9. The van der Waals surface area contributed by atoms with Gasteiger partial charge in [0.2, 0.25) is 5.16 Å². The van der Waals surface area contributed by atoms with Gasteiger partial charge in [-0.05, 0) is 34.7 Å². The van der Waals surface area contributed by atoms with E-state index in [0.717, 1.165) is 5.76 Å². The number of furan rings is 1. The quantitative estimate of drug-likeness (QED) is 0.527. The summed E-state index contributed by atoms with van der Waals surface area (Å²) in [6, 6.07) is 10.5. The average Bonchev–Trinajstić information content (AvgIpc) is 3.58. The topological polar surface area (TPSA) is 123 Å². The van der Waals surface area contributed by atoms with Crippen molar-refractivity contribution in [2.75, 3.05) is 25.6 Å². The summed E-state index contributed by atoms with van der Waals surface area (Å²) >= 11 is 1.46. The van der Waals surface area contributed by atoms with Crippen LogP contribution in [0.1, 0.15) is 11.8 Å². The third-order valence-electron chi connectivity index (χ3n) is 5.26. The lowest BCUT2D eigenvalue weighted by molar-refractivity contribution is 0.00751. The first kappa shape index (κ1) is 20.8. The van der Waals surface area contributed by atoms with Gasteiger partial charge in [0.05, 0.1) is 32.3 Å². The number of fused-ring (bicyclic) bond motifs is 1. The third kappa shape index (κ3) is 4.29. The lowest BCUT2D eigenvalue weighted by atomic mass is 10.1. The van der Waals surface area contributed by atoms with Crippen LogP contribution in [0.5, 0.6) is 5.75 Å². The van der Waals surface area contributed by atoms with Gasteiger partial charge in [0, 0.05) is 11.8 Å². The number of aromatic nitrogens is 4. The number of anilines is 1. The molecule has 0 bridgehead atoms. The molecule has 3 aromatic rings. The van der Waals surface area contributed by atoms with Crippen molar-refractivity contribution in [1.82, 2.24) is 20.2 Å². The fourth-order valence-electron chi connectivity index (χ4n) is 3.76. The number of nitrogens with zero attached hydrogens (tertiary/aromatic N) is 4. The zero-order valence-electron chi connectivity index (χ0n) is 17.1. The summed E-state index contributed by atoms with van der Waals surface area (Å²) in [4.78, 5) is 12.4. The second-order valence-corrected chi connectivity index (χ2v) is 8.18. The molecule has 4 atom stereocenters. The molecule has 1 aromatic carbocycles. The van der Waals surface area contributed by atoms with Gasteiger partial charge >= 0.3 is 6.09 Å². The summed E-state index contributed by atoms with van der Waals surface area (Å²) in [6.07, 6.45) is -0.215. The number of ether oxygens (including phenoxy) is 4. The molecule has 2 aliphatic heterocycles. The van der Waals surface area contributed by atoms with Crippen molar-refractivity contribution in [3.05, 3.63) is 48.4 Å². The van der Waals surface area contributed by atoms with Crippen LogP contribution in [0.25, 0.3) is 0 Å². The highest BCUT2D eigenvalue weighted by molar-refractivity contribution is 7.98. The molecule has 0 radical (unpaired) electrons. The van der Waals surface area contributed by atoms with Crippen LogP contribution >= 0.6 is 11.8 Å². The Kier molecular flexibility index (Phi) is 5.97. The average molecular weight is 459 g/mol. The van der Waals surface area contributed by atoms with Gasteiger partial charge in [-0.25, -0.2) is 9.48 Å². The summed E-state index contributed by atoms with van der Waals surface area (Å²) in [6.45, 7) is 0.584. The lowest BCUT2D eigenvalue weighted by Gasteiger charge is -2.17. The lowest BCUT2D eigenvalue weighted by Crippen LogP contribution is -2.35. The molecule has 2 aromatic heterocycles. The number of thioether (sulfide) groups is 1. The minimum absolute atomic E-state index is 0.218. The molecule has 4 unspecified atom stereocenters. The van der Waals surface area contributed by atoms with Gasteiger partial charge in [0.15, 0.2) is 6.10 Å². The number of hydrogen-bond acceptors (Lipinski definition) is 10. The molecule has 1 N–H and O–H groups in total. The molecule has 0 saturated carbocycles. The maximum Gasteiger partial charge on any atom is 0.412 e. The fraction of sp³-hybridized carbons (Fsp3) is 0.400. The largest absolute Gasteiger partial charge is 0.497 e. The van der Waals surface area contributed by atoms with Gasteiger partial charge in [-0.3, -0.25) is 5.32 Å². The molecule has 2 saturated heterocycles. The Balaban J connectivity index is 1.20. The maximum atomic E-state index is 12.4. The van der Waals surface area contributed by atoms with E-state index < -0.39 is 18.3 Å². The van der Waals surface area contributed by atoms with E-state index >= 15 is 0 Å². The Bertz CT molecular complexity index is 1060. The fourth-order valence-corrected chi connectivity index (χ4v) is 4.59. The Hall–Kier alpha value is -3.09. The highest BCUT2D eigenvalue weighted by atomic mass is 32.2. The van der Waals surface area contributed by atoms with E-state index in [9.17, 15) is 4.79 Å². The first-order valence-electron chi connectivity index (χ1n) is 9.99. The number of hydrogen-bond donors (Lipinski definition) is 1. The van der Waals surface area contributed by atoms with Crippen molar-refractivity contribution < 1.29 is 28.2 Å². The zero-order valence-corrected chi connectivity index (χ0v) is 17.9. The van der Waals surface area contributed by atoms with E-state index in [4.69, 9.17) is 23.4 Å². The highest BCUT2D eigenvalue weighted by Crippen LogP contribution is 2.37. The van der Waals surface area contributed by atoms with E-state index in [1.807, 2.05) is 12.1 Å². The van der Waals surface area contributed by atoms with Gasteiger partial charge in [-0.1, -0.05) is 17.8 Å². The molecule has 168 valence electrons. The molecule has 2 fully saturated rings. The van der Waals surface area contributed by atoms with Crippen molar-refractivity contribution in [3.63, 3.8) is 0 Å². The van der Waals surface area contributed by atoms with Crippen molar-refractivity contribution >= 4 is 23.5 Å². The van der Waals surface area contributed by atoms with Crippen LogP contribution in [-0.4, -0.2) is 64.9 Å². The smallest absolute Gasteiger partial charge is 0.412 e. The van der Waals surface area contributed by atoms with Gasteiger partial charge in [-0.2, -0.15) is 0 Å². The van der Waals surface area contributed by atoms with Crippen LogP contribution in [0, 0.1) is 0 Å². The van der Waals surface area contributed by atoms with E-state index in [1.54, 1.807) is 42.3 Å². The van der Waals surface area contributed by atoms with Crippen LogP contribution < -0.4 is 10.1 Å². The minimum atomic E-state index is -0.586. The second-order valence-electron chi connectivity index (χ2n) is 7.24. The van der Waals surface area contributed by atoms with Gasteiger partial charge in [-0.15, -0.1) is 5.10 Å².